The Morgan fingerprint density at radius 2 is 2.08 bits per heavy atom. The number of allylic oxidation sites excluding steroid dienone is 1. The van der Waals surface area contributed by atoms with Crippen LogP contribution in [0.25, 0.3) is 6.08 Å². The molecule has 2 N–H and O–H groups in total. The van der Waals surface area contributed by atoms with Crippen molar-refractivity contribution in [2.24, 2.45) is 0 Å². The van der Waals surface area contributed by atoms with E-state index in [1.165, 1.54) is 0 Å². The van der Waals surface area contributed by atoms with Gasteiger partial charge in [-0.05, 0) is 18.9 Å². The number of nitrogens with one attached hydrogen (secondary N) is 2. The molecule has 1 aliphatic carbocycles. The standard InChI is InChI=1S/C8H8N2O2/c11-7-5-3-1-2-4-6(5)9-8(12)10-7/h2,4H,1,3H2,(H2,9,10,11,12). The summed E-state index contributed by atoms with van der Waals surface area (Å²) < 4.78 is 0. The minimum absolute atomic E-state index is 0.266. The minimum atomic E-state index is -0.440. The highest BCUT2D eigenvalue weighted by atomic mass is 16.2. The van der Waals surface area contributed by atoms with E-state index in [0.29, 0.717) is 17.7 Å². The SMILES string of the molecule is O=c1[nH]c2c(c(=O)[nH]1)CCC=C2. The van der Waals surface area contributed by atoms with Crippen molar-refractivity contribution in [1.29, 1.82) is 0 Å². The Morgan fingerprint density at radius 3 is 2.92 bits per heavy atom. The quantitative estimate of drug-likeness (QED) is 0.567. The molecule has 0 atom stereocenters. The van der Waals surface area contributed by atoms with Crippen LogP contribution in [0, 0.1) is 0 Å². The summed E-state index contributed by atoms with van der Waals surface area (Å²) in [5.41, 5.74) is 0.621. The molecule has 0 bridgehead atoms. The van der Waals surface area contributed by atoms with Gasteiger partial charge in [0.1, 0.15) is 0 Å². The van der Waals surface area contributed by atoms with Crippen LogP contribution in [0.15, 0.2) is 15.7 Å². The zero-order valence-electron chi connectivity index (χ0n) is 6.39. The van der Waals surface area contributed by atoms with Crippen LogP contribution in [-0.2, 0) is 6.42 Å². The average Bonchev–Trinajstić information content (AvgIpc) is 2.04. The Morgan fingerprint density at radius 1 is 1.25 bits per heavy atom. The fourth-order valence-electron chi connectivity index (χ4n) is 1.35. The van der Waals surface area contributed by atoms with E-state index in [0.717, 1.165) is 6.42 Å². The second-order valence-corrected chi connectivity index (χ2v) is 2.74. The maximum Gasteiger partial charge on any atom is 0.326 e. The Kier molecular flexibility index (Phi) is 1.46. The number of H-pyrrole nitrogens is 2. The summed E-state index contributed by atoms with van der Waals surface area (Å²) in [5.74, 6) is 0. The van der Waals surface area contributed by atoms with Gasteiger partial charge in [-0.25, -0.2) is 4.79 Å². The zero-order chi connectivity index (χ0) is 8.55. The van der Waals surface area contributed by atoms with Crippen LogP contribution in [-0.4, -0.2) is 9.97 Å². The van der Waals surface area contributed by atoms with Gasteiger partial charge in [-0.1, -0.05) is 6.08 Å². The molecule has 0 aliphatic heterocycles. The van der Waals surface area contributed by atoms with E-state index in [1.807, 2.05) is 6.08 Å². The summed E-state index contributed by atoms with van der Waals surface area (Å²) >= 11 is 0. The summed E-state index contributed by atoms with van der Waals surface area (Å²) in [6.07, 6.45) is 5.28. The smallest absolute Gasteiger partial charge is 0.307 e. The summed E-state index contributed by atoms with van der Waals surface area (Å²) in [6.45, 7) is 0. The molecule has 12 heavy (non-hydrogen) atoms. The number of aromatic amines is 2. The van der Waals surface area contributed by atoms with Crippen molar-refractivity contribution < 1.29 is 0 Å². The maximum absolute atomic E-state index is 11.2. The highest BCUT2D eigenvalue weighted by Crippen LogP contribution is 2.10. The van der Waals surface area contributed by atoms with Crippen molar-refractivity contribution in [1.82, 2.24) is 9.97 Å². The van der Waals surface area contributed by atoms with E-state index < -0.39 is 5.69 Å². The van der Waals surface area contributed by atoms with Crippen molar-refractivity contribution in [2.45, 2.75) is 12.8 Å². The van der Waals surface area contributed by atoms with E-state index in [-0.39, 0.29) is 5.56 Å². The number of hydrogen-bond acceptors (Lipinski definition) is 2. The van der Waals surface area contributed by atoms with Crippen LogP contribution in [0.1, 0.15) is 17.7 Å². The number of rotatable bonds is 0. The number of fused-ring (bicyclic) bond motifs is 1. The van der Waals surface area contributed by atoms with Gasteiger partial charge in [0.25, 0.3) is 5.56 Å². The third-order valence-corrected chi connectivity index (χ3v) is 1.92. The maximum atomic E-state index is 11.2. The molecule has 1 aromatic heterocycles. The molecule has 0 unspecified atom stereocenters. The van der Waals surface area contributed by atoms with Crippen LogP contribution in [0.4, 0.5) is 0 Å². The minimum Gasteiger partial charge on any atom is -0.307 e. The molecule has 0 saturated heterocycles. The normalized spacial score (nSPS) is 14.3. The molecule has 1 heterocycles. The third kappa shape index (κ3) is 1.01. The topological polar surface area (TPSA) is 65.7 Å². The van der Waals surface area contributed by atoms with Crippen LogP contribution in [0.3, 0.4) is 0 Å². The monoisotopic (exact) mass is 164 g/mol. The lowest BCUT2D eigenvalue weighted by atomic mass is 10.0. The Hall–Kier alpha value is -1.58. The molecule has 4 heteroatoms. The van der Waals surface area contributed by atoms with E-state index in [1.54, 1.807) is 6.08 Å². The molecule has 62 valence electrons. The molecule has 0 fully saturated rings. The first-order valence-electron chi connectivity index (χ1n) is 3.79. The van der Waals surface area contributed by atoms with Crippen LogP contribution < -0.4 is 11.2 Å². The van der Waals surface area contributed by atoms with E-state index in [4.69, 9.17) is 0 Å². The largest absolute Gasteiger partial charge is 0.326 e. The molecule has 1 aliphatic rings. The molecular formula is C8H8N2O2. The Balaban J connectivity index is 2.79. The average molecular weight is 164 g/mol. The Bertz CT molecular complexity index is 439. The predicted molar refractivity (Wildman–Crippen MR) is 45.0 cm³/mol. The summed E-state index contributed by atoms with van der Waals surface area (Å²) in [5, 5.41) is 0. The van der Waals surface area contributed by atoms with Gasteiger partial charge in [-0.15, -0.1) is 0 Å². The van der Waals surface area contributed by atoms with Crippen LogP contribution in [0.5, 0.6) is 0 Å². The molecule has 0 radical (unpaired) electrons. The summed E-state index contributed by atoms with van der Waals surface area (Å²) in [7, 11) is 0. The molecule has 0 amide bonds. The van der Waals surface area contributed by atoms with Gasteiger partial charge >= 0.3 is 5.69 Å². The fraction of sp³-hybridized carbons (Fsp3) is 0.250. The molecule has 1 aromatic rings. The summed E-state index contributed by atoms with van der Waals surface area (Å²) in [6, 6.07) is 0. The molecule has 4 nitrogen and oxygen atoms in total. The first-order chi connectivity index (χ1) is 5.77. The zero-order valence-corrected chi connectivity index (χ0v) is 6.39. The summed E-state index contributed by atoms with van der Waals surface area (Å²) in [4.78, 5) is 26.8. The van der Waals surface area contributed by atoms with Gasteiger partial charge in [-0.2, -0.15) is 0 Å². The van der Waals surface area contributed by atoms with Gasteiger partial charge < -0.3 is 4.98 Å². The number of aromatic nitrogens is 2. The lowest BCUT2D eigenvalue weighted by Crippen LogP contribution is -2.27. The van der Waals surface area contributed by atoms with Crippen LogP contribution >= 0.6 is 0 Å². The predicted octanol–water partition coefficient (Wildman–Crippen LogP) is 0.0226. The lowest BCUT2D eigenvalue weighted by molar-refractivity contribution is 0.893. The van der Waals surface area contributed by atoms with Gasteiger partial charge in [-0.3, -0.25) is 9.78 Å². The molecule has 0 aromatic carbocycles. The number of hydrogen-bond donors (Lipinski definition) is 2. The molecule has 0 saturated carbocycles. The fourth-order valence-corrected chi connectivity index (χ4v) is 1.35. The van der Waals surface area contributed by atoms with Gasteiger partial charge in [0, 0.05) is 5.56 Å². The van der Waals surface area contributed by atoms with E-state index >= 15 is 0 Å². The molecule has 2 rings (SSSR count). The first kappa shape index (κ1) is 7.09. The third-order valence-electron chi connectivity index (χ3n) is 1.92. The van der Waals surface area contributed by atoms with Crippen molar-refractivity contribution in [2.75, 3.05) is 0 Å². The Labute approximate surface area is 68.0 Å². The van der Waals surface area contributed by atoms with Crippen LogP contribution in [0.2, 0.25) is 0 Å². The second kappa shape index (κ2) is 2.48. The highest BCUT2D eigenvalue weighted by molar-refractivity contribution is 5.50. The van der Waals surface area contributed by atoms with Crippen molar-refractivity contribution in [3.05, 3.63) is 38.2 Å². The van der Waals surface area contributed by atoms with Crippen molar-refractivity contribution in [3.63, 3.8) is 0 Å². The first-order valence-corrected chi connectivity index (χ1v) is 3.79. The van der Waals surface area contributed by atoms with E-state index in [2.05, 4.69) is 9.97 Å². The molecular weight excluding hydrogens is 156 g/mol. The van der Waals surface area contributed by atoms with Crippen molar-refractivity contribution in [3.8, 4) is 0 Å². The van der Waals surface area contributed by atoms with Gasteiger partial charge in [0.05, 0.1) is 5.69 Å². The highest BCUT2D eigenvalue weighted by Gasteiger charge is 2.08. The van der Waals surface area contributed by atoms with Crippen molar-refractivity contribution >= 4 is 6.08 Å². The van der Waals surface area contributed by atoms with E-state index in [9.17, 15) is 9.59 Å². The second-order valence-electron chi connectivity index (χ2n) is 2.74. The van der Waals surface area contributed by atoms with Gasteiger partial charge in [0.2, 0.25) is 0 Å². The lowest BCUT2D eigenvalue weighted by Gasteiger charge is -2.06. The van der Waals surface area contributed by atoms with Gasteiger partial charge in [0.15, 0.2) is 0 Å². The molecule has 0 spiro atoms.